The third-order valence-corrected chi connectivity index (χ3v) is 7.57. The number of aromatic nitrogens is 4. The van der Waals surface area contributed by atoms with E-state index in [4.69, 9.17) is 26.8 Å². The number of carbonyl (C=O) groups is 2. The van der Waals surface area contributed by atoms with Crippen LogP contribution in [0.1, 0.15) is 36.1 Å². The Morgan fingerprint density at radius 2 is 1.33 bits per heavy atom. The summed E-state index contributed by atoms with van der Waals surface area (Å²) in [6.45, 7) is 7.57. The molecule has 0 bridgehead atoms. The SMILES string of the molecule is CCOC(=O)/C=C/c1cnc2[nH]ccc2c1Cl.CCOC(=O)/C=C/c1cnc2[nH]ccc2c1Nc1ccc(F)c(C)c1.Cc1cc(N)ccc1F. The van der Waals surface area contributed by atoms with Gasteiger partial charge in [-0.3, -0.25) is 0 Å². The number of hydrogen-bond donors (Lipinski definition) is 4. The Morgan fingerprint density at radius 3 is 1.90 bits per heavy atom. The van der Waals surface area contributed by atoms with Crippen molar-refractivity contribution in [3.8, 4) is 0 Å². The van der Waals surface area contributed by atoms with Crippen molar-refractivity contribution in [3.63, 3.8) is 0 Å². The van der Waals surface area contributed by atoms with Gasteiger partial charge in [0.1, 0.15) is 22.9 Å². The Morgan fingerprint density at radius 1 is 0.804 bits per heavy atom. The molecule has 0 spiro atoms. The van der Waals surface area contributed by atoms with Gasteiger partial charge in [-0.15, -0.1) is 0 Å². The zero-order valence-corrected chi connectivity index (χ0v) is 29.1. The Bertz CT molecular complexity index is 2190. The second-order valence-corrected chi connectivity index (χ2v) is 11.2. The highest BCUT2D eigenvalue weighted by molar-refractivity contribution is 6.36. The molecule has 0 aliphatic heterocycles. The number of nitrogens with one attached hydrogen (secondary N) is 3. The first kappa shape index (κ1) is 37.8. The van der Waals surface area contributed by atoms with E-state index in [9.17, 15) is 18.4 Å². The molecule has 5 N–H and O–H groups in total. The van der Waals surface area contributed by atoms with Gasteiger partial charge >= 0.3 is 11.9 Å². The summed E-state index contributed by atoms with van der Waals surface area (Å²) < 4.78 is 35.6. The molecule has 2 aromatic carbocycles. The van der Waals surface area contributed by atoms with Crippen LogP contribution in [0.25, 0.3) is 34.2 Å². The normalized spacial score (nSPS) is 10.9. The highest BCUT2D eigenvalue weighted by atomic mass is 35.5. The summed E-state index contributed by atoms with van der Waals surface area (Å²) >= 11 is 6.18. The van der Waals surface area contributed by atoms with Gasteiger partial charge < -0.3 is 30.5 Å². The second-order valence-electron chi connectivity index (χ2n) is 10.9. The van der Waals surface area contributed by atoms with E-state index in [1.54, 1.807) is 88.9 Å². The predicted molar refractivity (Wildman–Crippen MR) is 199 cm³/mol. The number of nitrogens with zero attached hydrogens (tertiary/aromatic N) is 2. The fraction of sp³-hybridized carbons (Fsp3) is 0.158. The third-order valence-electron chi connectivity index (χ3n) is 7.14. The molecule has 0 atom stereocenters. The first-order chi connectivity index (χ1) is 24.5. The van der Waals surface area contributed by atoms with Gasteiger partial charge in [-0.2, -0.15) is 0 Å². The van der Waals surface area contributed by atoms with Crippen molar-refractivity contribution in [2.45, 2.75) is 27.7 Å². The number of ether oxygens (including phenoxy) is 2. The number of rotatable bonds is 8. The molecular formula is C38H37ClF2N6O4. The number of hydrogen-bond acceptors (Lipinski definition) is 8. The molecule has 13 heteroatoms. The monoisotopic (exact) mass is 714 g/mol. The molecule has 6 rings (SSSR count). The number of pyridine rings is 2. The highest BCUT2D eigenvalue weighted by Gasteiger charge is 2.10. The van der Waals surface area contributed by atoms with Crippen LogP contribution in [-0.4, -0.2) is 45.1 Å². The van der Waals surface area contributed by atoms with Gasteiger partial charge in [0.05, 0.1) is 23.9 Å². The minimum Gasteiger partial charge on any atom is -0.463 e. The molecule has 0 amide bonds. The summed E-state index contributed by atoms with van der Waals surface area (Å²) in [4.78, 5) is 37.3. The van der Waals surface area contributed by atoms with E-state index < -0.39 is 11.9 Å². The number of H-pyrrole nitrogens is 2. The fourth-order valence-corrected chi connectivity index (χ4v) is 4.89. The molecule has 4 aromatic heterocycles. The van der Waals surface area contributed by atoms with Crippen LogP contribution >= 0.6 is 11.6 Å². The maximum Gasteiger partial charge on any atom is 0.330 e. The van der Waals surface area contributed by atoms with Crippen molar-refractivity contribution in [2.24, 2.45) is 0 Å². The second kappa shape index (κ2) is 18.1. The van der Waals surface area contributed by atoms with Crippen molar-refractivity contribution in [2.75, 3.05) is 24.3 Å². The lowest BCUT2D eigenvalue weighted by Crippen LogP contribution is -2.00. The van der Waals surface area contributed by atoms with Crippen molar-refractivity contribution in [3.05, 3.63) is 124 Å². The Balaban J connectivity index is 0.000000192. The maximum absolute atomic E-state index is 13.5. The van der Waals surface area contributed by atoms with Crippen LogP contribution < -0.4 is 11.1 Å². The van der Waals surface area contributed by atoms with Crippen molar-refractivity contribution in [1.29, 1.82) is 0 Å². The summed E-state index contributed by atoms with van der Waals surface area (Å²) in [6, 6.07) is 13.1. The number of anilines is 3. The number of benzene rings is 2. The topological polar surface area (TPSA) is 148 Å². The summed E-state index contributed by atoms with van der Waals surface area (Å²) in [7, 11) is 0. The Labute approximate surface area is 298 Å². The fourth-order valence-electron chi connectivity index (χ4n) is 4.63. The van der Waals surface area contributed by atoms with Crippen LogP contribution in [-0.2, 0) is 19.1 Å². The average Bonchev–Trinajstić information content (AvgIpc) is 3.79. The summed E-state index contributed by atoms with van der Waals surface area (Å²) in [5.41, 5.74) is 11.5. The van der Waals surface area contributed by atoms with Crippen LogP contribution in [0.5, 0.6) is 0 Å². The smallest absolute Gasteiger partial charge is 0.330 e. The number of fused-ring (bicyclic) bond motifs is 2. The first-order valence-electron chi connectivity index (χ1n) is 15.8. The molecule has 264 valence electrons. The van der Waals surface area contributed by atoms with Crippen molar-refractivity contribution < 1.29 is 27.8 Å². The quantitative estimate of drug-likeness (QED) is 0.0695. The molecule has 6 aromatic rings. The third kappa shape index (κ3) is 10.5. The van der Waals surface area contributed by atoms with E-state index in [1.165, 1.54) is 24.3 Å². The molecule has 10 nitrogen and oxygen atoms in total. The van der Waals surface area contributed by atoms with Crippen LogP contribution in [0, 0.1) is 25.5 Å². The van der Waals surface area contributed by atoms with E-state index in [1.807, 2.05) is 12.1 Å². The number of carbonyl (C=O) groups excluding carboxylic acids is 2. The number of halogens is 3. The van der Waals surface area contributed by atoms with Gasteiger partial charge in [-0.05, 0) is 99.5 Å². The van der Waals surface area contributed by atoms with Gasteiger partial charge in [0, 0.05) is 70.2 Å². The van der Waals surface area contributed by atoms with Gasteiger partial charge in [-0.1, -0.05) is 11.6 Å². The largest absolute Gasteiger partial charge is 0.463 e. The summed E-state index contributed by atoms with van der Waals surface area (Å²) in [5, 5.41) is 5.56. The van der Waals surface area contributed by atoms with E-state index >= 15 is 0 Å². The average molecular weight is 715 g/mol. The van der Waals surface area contributed by atoms with Gasteiger partial charge in [0.25, 0.3) is 0 Å². The zero-order valence-electron chi connectivity index (χ0n) is 28.4. The number of nitrogen functional groups attached to an aromatic ring is 1. The lowest BCUT2D eigenvalue weighted by molar-refractivity contribution is -0.138. The predicted octanol–water partition coefficient (Wildman–Crippen LogP) is 8.84. The van der Waals surface area contributed by atoms with E-state index in [0.29, 0.717) is 40.6 Å². The lowest BCUT2D eigenvalue weighted by Gasteiger charge is -2.12. The van der Waals surface area contributed by atoms with Gasteiger partial charge in [0.15, 0.2) is 0 Å². The zero-order chi connectivity index (χ0) is 36.9. The van der Waals surface area contributed by atoms with E-state index in [2.05, 4.69) is 25.3 Å². The molecule has 4 heterocycles. The number of esters is 2. The Hall–Kier alpha value is -6.01. The van der Waals surface area contributed by atoms with Crippen molar-refractivity contribution >= 4 is 74.8 Å². The maximum atomic E-state index is 13.5. The van der Waals surface area contributed by atoms with E-state index in [0.717, 1.165) is 39.0 Å². The summed E-state index contributed by atoms with van der Waals surface area (Å²) in [5.74, 6) is -1.27. The highest BCUT2D eigenvalue weighted by Crippen LogP contribution is 2.30. The Kier molecular flexibility index (Phi) is 13.4. The molecule has 0 aliphatic rings. The minimum atomic E-state index is -0.416. The molecule has 0 radical (unpaired) electrons. The van der Waals surface area contributed by atoms with Crippen LogP contribution in [0.3, 0.4) is 0 Å². The molecule has 0 saturated carbocycles. The lowest BCUT2D eigenvalue weighted by atomic mass is 10.1. The molecular weight excluding hydrogens is 678 g/mol. The number of aryl methyl sites for hydroxylation is 2. The number of aromatic amines is 2. The molecule has 0 saturated heterocycles. The minimum absolute atomic E-state index is 0.204. The van der Waals surface area contributed by atoms with Gasteiger partial charge in [0.2, 0.25) is 0 Å². The molecule has 0 unspecified atom stereocenters. The van der Waals surface area contributed by atoms with Crippen molar-refractivity contribution in [1.82, 2.24) is 19.9 Å². The van der Waals surface area contributed by atoms with Crippen LogP contribution in [0.4, 0.5) is 25.8 Å². The molecule has 0 fully saturated rings. The standard InChI is InChI=1S/C19H18FN3O2.C12H11ClN2O2.C7H8FN/c1-3-25-17(24)7-4-13-11-22-19-15(8-9-21-19)18(13)23-14-5-6-16(20)12(2)10-14;1-2-17-10(16)4-3-8-7-15-12-9(11(8)13)5-6-14-12;1-5-4-6(9)2-3-7(5)8/h4-11H,3H2,1-2H3,(H2,21,22,23);3-7H,2H2,1H3,(H,14,15);2-4H,9H2,1H3/b7-4+;4-3+;. The van der Waals surface area contributed by atoms with Crippen LogP contribution in [0.15, 0.2) is 85.5 Å². The molecule has 0 aliphatic carbocycles. The first-order valence-corrected chi connectivity index (χ1v) is 16.2. The van der Waals surface area contributed by atoms with Gasteiger partial charge in [-0.25, -0.2) is 28.3 Å². The number of nitrogens with two attached hydrogens (primary N) is 1. The van der Waals surface area contributed by atoms with Crippen LogP contribution in [0.2, 0.25) is 5.02 Å². The molecule has 51 heavy (non-hydrogen) atoms. The summed E-state index contributed by atoms with van der Waals surface area (Å²) in [6.07, 6.45) is 12.8. The van der Waals surface area contributed by atoms with E-state index in [-0.39, 0.29) is 11.6 Å².